The molecule has 3 aromatic rings. The van der Waals surface area contributed by atoms with E-state index in [9.17, 15) is 9.59 Å². The van der Waals surface area contributed by atoms with E-state index >= 15 is 0 Å². The molecule has 1 fully saturated rings. The van der Waals surface area contributed by atoms with Crippen LogP contribution in [0, 0.1) is 19.8 Å². The van der Waals surface area contributed by atoms with E-state index in [1.165, 1.54) is 17.4 Å². The van der Waals surface area contributed by atoms with Gasteiger partial charge in [-0.3, -0.25) is 9.59 Å². The van der Waals surface area contributed by atoms with E-state index in [-0.39, 0.29) is 17.7 Å². The Morgan fingerprint density at radius 2 is 1.88 bits per heavy atom. The number of fused-ring (bicyclic) bond motifs is 1. The fourth-order valence-electron chi connectivity index (χ4n) is 4.04. The van der Waals surface area contributed by atoms with E-state index in [1.54, 1.807) is 43.0 Å². The number of anilines is 3. The van der Waals surface area contributed by atoms with Crippen molar-refractivity contribution in [3.05, 3.63) is 35.0 Å². The number of nitrogens with zero attached hydrogens (tertiary/aromatic N) is 3. The van der Waals surface area contributed by atoms with Crippen molar-refractivity contribution in [3.8, 4) is 5.75 Å². The number of hydrogen-bond acceptors (Lipinski definition) is 7. The fraction of sp³-hybridized carbons (Fsp3) is 0.391. The summed E-state index contributed by atoms with van der Waals surface area (Å²) in [4.78, 5) is 38.0. The van der Waals surface area contributed by atoms with Gasteiger partial charge in [-0.25, -0.2) is 9.97 Å². The molecular weight excluding hydrogens is 426 g/mol. The Bertz CT molecular complexity index is 1170. The maximum absolute atomic E-state index is 13.0. The standard InChI is InChI=1S/C23H27N5O3S/c1-13-14(2)32-23-20(13)21(24-12-25-23)28-9-7-16(8-10-28)22(30)27-19-11-17(31-4)5-6-18(19)26-15(3)29/h5-6,11-12,16H,7-10H2,1-4H3,(H,26,29)(H,27,30). The van der Waals surface area contributed by atoms with Crippen molar-refractivity contribution < 1.29 is 14.3 Å². The molecule has 2 aromatic heterocycles. The van der Waals surface area contributed by atoms with E-state index < -0.39 is 0 Å². The van der Waals surface area contributed by atoms with Gasteiger partial charge >= 0.3 is 0 Å². The van der Waals surface area contributed by atoms with Crippen LogP contribution in [0.3, 0.4) is 0 Å². The molecule has 4 rings (SSSR count). The summed E-state index contributed by atoms with van der Waals surface area (Å²) in [6.07, 6.45) is 3.07. The highest BCUT2D eigenvalue weighted by Crippen LogP contribution is 2.36. The van der Waals surface area contributed by atoms with Crippen molar-refractivity contribution in [2.24, 2.45) is 5.92 Å². The van der Waals surface area contributed by atoms with Crippen LogP contribution in [-0.2, 0) is 9.59 Å². The number of piperidine rings is 1. The van der Waals surface area contributed by atoms with E-state index in [1.807, 2.05) is 0 Å². The molecule has 32 heavy (non-hydrogen) atoms. The number of amides is 2. The molecule has 2 amide bonds. The third kappa shape index (κ3) is 4.38. The first-order valence-electron chi connectivity index (χ1n) is 10.6. The van der Waals surface area contributed by atoms with Crippen molar-refractivity contribution in [1.82, 2.24) is 9.97 Å². The van der Waals surface area contributed by atoms with E-state index in [4.69, 9.17) is 4.74 Å². The molecule has 1 aliphatic heterocycles. The normalized spacial score (nSPS) is 14.4. The lowest BCUT2D eigenvalue weighted by Crippen LogP contribution is -2.38. The Morgan fingerprint density at radius 1 is 1.12 bits per heavy atom. The Kier molecular flexibility index (Phi) is 6.27. The number of carbonyl (C=O) groups excluding carboxylic acids is 2. The zero-order valence-corrected chi connectivity index (χ0v) is 19.5. The Morgan fingerprint density at radius 3 is 2.56 bits per heavy atom. The third-order valence-corrected chi connectivity index (χ3v) is 7.02. The molecule has 0 spiro atoms. The highest BCUT2D eigenvalue weighted by Gasteiger charge is 2.28. The molecule has 3 heterocycles. The molecule has 0 aliphatic carbocycles. The molecule has 168 valence electrons. The topological polar surface area (TPSA) is 96.5 Å². The van der Waals surface area contributed by atoms with Gasteiger partial charge in [0.1, 0.15) is 22.7 Å². The lowest BCUT2D eigenvalue weighted by molar-refractivity contribution is -0.120. The molecule has 0 radical (unpaired) electrons. The lowest BCUT2D eigenvalue weighted by atomic mass is 9.95. The highest BCUT2D eigenvalue weighted by molar-refractivity contribution is 7.18. The summed E-state index contributed by atoms with van der Waals surface area (Å²) in [5, 5.41) is 6.86. The van der Waals surface area contributed by atoms with Gasteiger partial charge in [0, 0.05) is 36.9 Å². The van der Waals surface area contributed by atoms with Crippen molar-refractivity contribution in [2.75, 3.05) is 35.7 Å². The summed E-state index contributed by atoms with van der Waals surface area (Å²) in [5.74, 6) is 1.19. The van der Waals surface area contributed by atoms with Gasteiger partial charge in [0.05, 0.1) is 23.9 Å². The molecule has 8 nitrogen and oxygen atoms in total. The van der Waals surface area contributed by atoms with Crippen molar-refractivity contribution in [3.63, 3.8) is 0 Å². The Hall–Kier alpha value is -3.20. The predicted octanol–water partition coefficient (Wildman–Crippen LogP) is 4.13. The van der Waals surface area contributed by atoms with Crippen LogP contribution in [0.2, 0.25) is 0 Å². The summed E-state index contributed by atoms with van der Waals surface area (Å²) >= 11 is 1.69. The number of benzene rings is 1. The first-order chi connectivity index (χ1) is 15.4. The van der Waals surface area contributed by atoms with Crippen molar-refractivity contribution >= 4 is 50.6 Å². The van der Waals surface area contributed by atoms with Crippen LogP contribution in [0.4, 0.5) is 17.2 Å². The van der Waals surface area contributed by atoms with Gasteiger partial charge in [0.15, 0.2) is 0 Å². The number of ether oxygens (including phenoxy) is 1. The van der Waals surface area contributed by atoms with Crippen LogP contribution in [0.25, 0.3) is 10.2 Å². The molecule has 2 N–H and O–H groups in total. The molecule has 1 saturated heterocycles. The average Bonchev–Trinajstić information content (AvgIpc) is 3.08. The van der Waals surface area contributed by atoms with Gasteiger partial charge in [-0.05, 0) is 44.4 Å². The molecular formula is C23H27N5O3S. The number of methoxy groups -OCH3 is 1. The van der Waals surface area contributed by atoms with Crippen molar-refractivity contribution in [1.29, 1.82) is 0 Å². The van der Waals surface area contributed by atoms with E-state index in [0.29, 0.717) is 17.1 Å². The minimum Gasteiger partial charge on any atom is -0.497 e. The quantitative estimate of drug-likeness (QED) is 0.603. The summed E-state index contributed by atoms with van der Waals surface area (Å²) in [6.45, 7) is 7.15. The summed E-state index contributed by atoms with van der Waals surface area (Å²) in [7, 11) is 1.57. The number of carbonyl (C=O) groups is 2. The lowest BCUT2D eigenvalue weighted by Gasteiger charge is -2.32. The van der Waals surface area contributed by atoms with Gasteiger partial charge in [0.2, 0.25) is 11.8 Å². The molecule has 0 bridgehead atoms. The van der Waals surface area contributed by atoms with Crippen LogP contribution >= 0.6 is 11.3 Å². The minimum atomic E-state index is -0.200. The second-order valence-electron chi connectivity index (χ2n) is 8.00. The first-order valence-corrected chi connectivity index (χ1v) is 11.4. The second-order valence-corrected chi connectivity index (χ2v) is 9.21. The van der Waals surface area contributed by atoms with Crippen LogP contribution in [0.5, 0.6) is 5.75 Å². The van der Waals surface area contributed by atoms with Gasteiger partial charge in [-0.15, -0.1) is 11.3 Å². The number of thiophene rings is 1. The Balaban J connectivity index is 1.46. The number of nitrogens with one attached hydrogen (secondary N) is 2. The van der Waals surface area contributed by atoms with Gasteiger partial charge < -0.3 is 20.3 Å². The average molecular weight is 454 g/mol. The molecule has 0 unspecified atom stereocenters. The monoisotopic (exact) mass is 453 g/mol. The van der Waals surface area contributed by atoms with Crippen LogP contribution in [0.15, 0.2) is 24.5 Å². The smallest absolute Gasteiger partial charge is 0.227 e. The predicted molar refractivity (Wildman–Crippen MR) is 128 cm³/mol. The number of aryl methyl sites for hydroxylation is 2. The van der Waals surface area contributed by atoms with E-state index in [0.717, 1.165) is 42.0 Å². The molecule has 0 saturated carbocycles. The molecule has 0 atom stereocenters. The summed E-state index contributed by atoms with van der Waals surface area (Å²) < 4.78 is 5.27. The van der Waals surface area contributed by atoms with Gasteiger partial charge in [-0.2, -0.15) is 0 Å². The summed E-state index contributed by atoms with van der Waals surface area (Å²) in [5.41, 5.74) is 2.31. The summed E-state index contributed by atoms with van der Waals surface area (Å²) in [6, 6.07) is 5.19. The zero-order chi connectivity index (χ0) is 22.8. The van der Waals surface area contributed by atoms with Crippen LogP contribution in [0.1, 0.15) is 30.2 Å². The maximum Gasteiger partial charge on any atom is 0.227 e. The number of aromatic nitrogens is 2. The van der Waals surface area contributed by atoms with Gasteiger partial charge in [0.25, 0.3) is 0 Å². The Labute approximate surface area is 191 Å². The minimum absolute atomic E-state index is 0.0557. The van der Waals surface area contributed by atoms with Crippen molar-refractivity contribution in [2.45, 2.75) is 33.6 Å². The third-order valence-electron chi connectivity index (χ3n) is 5.91. The molecule has 1 aliphatic rings. The molecule has 9 heteroatoms. The van der Waals surface area contributed by atoms with Gasteiger partial charge in [-0.1, -0.05) is 0 Å². The highest BCUT2D eigenvalue weighted by atomic mass is 32.1. The molecule has 1 aromatic carbocycles. The second kappa shape index (κ2) is 9.12. The van der Waals surface area contributed by atoms with E-state index in [2.05, 4.69) is 39.3 Å². The zero-order valence-electron chi connectivity index (χ0n) is 18.7. The number of hydrogen-bond donors (Lipinski definition) is 2. The number of rotatable bonds is 5. The maximum atomic E-state index is 13.0. The largest absolute Gasteiger partial charge is 0.497 e. The first kappa shape index (κ1) is 22.0. The SMILES string of the molecule is COc1ccc(NC(C)=O)c(NC(=O)C2CCN(c3ncnc4sc(C)c(C)c34)CC2)c1. The van der Waals surface area contributed by atoms with Crippen LogP contribution < -0.4 is 20.3 Å². The fourth-order valence-corrected chi connectivity index (χ4v) is 5.04. The van der Waals surface area contributed by atoms with Crippen LogP contribution in [-0.4, -0.2) is 42.0 Å².